The monoisotopic (exact) mass is 259 g/mol. The molecule has 1 aromatic rings. The van der Waals surface area contributed by atoms with Crippen molar-refractivity contribution in [2.45, 2.75) is 25.9 Å². The molecule has 1 heterocycles. The summed E-state index contributed by atoms with van der Waals surface area (Å²) in [6, 6.07) is 8.22. The quantitative estimate of drug-likeness (QED) is 0.898. The third-order valence-electron chi connectivity index (χ3n) is 3.56. The van der Waals surface area contributed by atoms with Gasteiger partial charge in [-0.1, -0.05) is 13.0 Å². The molecule has 1 saturated heterocycles. The zero-order valence-electron chi connectivity index (χ0n) is 11.6. The predicted octanol–water partition coefficient (Wildman–Crippen LogP) is 1.74. The molecule has 1 aliphatic heterocycles. The number of benzene rings is 1. The van der Waals surface area contributed by atoms with Gasteiger partial charge in [-0.3, -0.25) is 4.90 Å². The third kappa shape index (κ3) is 3.46. The van der Waals surface area contributed by atoms with Crippen LogP contribution in [0.4, 0.5) is 0 Å². The molecule has 0 amide bonds. The lowest BCUT2D eigenvalue weighted by atomic mass is 9.96. The minimum atomic E-state index is 0.262. The van der Waals surface area contributed by atoms with Crippen LogP contribution in [0, 0.1) is 17.2 Å². The number of nitrogens with two attached hydrogens (primary N) is 1. The highest BCUT2D eigenvalue weighted by molar-refractivity contribution is 5.45. The largest absolute Gasteiger partial charge is 0.495 e. The Kier molecular flexibility index (Phi) is 4.41. The van der Waals surface area contributed by atoms with E-state index in [0.29, 0.717) is 17.2 Å². The van der Waals surface area contributed by atoms with Gasteiger partial charge in [0.15, 0.2) is 0 Å². The van der Waals surface area contributed by atoms with Crippen LogP contribution in [0.1, 0.15) is 24.5 Å². The van der Waals surface area contributed by atoms with Crippen LogP contribution in [0.25, 0.3) is 0 Å². The second-order valence-corrected chi connectivity index (χ2v) is 5.44. The fraction of sp³-hybridized carbons (Fsp3) is 0.533. The highest BCUT2D eigenvalue weighted by Gasteiger charge is 2.22. The number of piperidine rings is 1. The van der Waals surface area contributed by atoms with Gasteiger partial charge in [0, 0.05) is 25.7 Å². The Morgan fingerprint density at radius 2 is 2.26 bits per heavy atom. The number of nitriles is 1. The van der Waals surface area contributed by atoms with Crippen LogP contribution in [0.2, 0.25) is 0 Å². The minimum Gasteiger partial charge on any atom is -0.495 e. The van der Waals surface area contributed by atoms with Gasteiger partial charge in [-0.15, -0.1) is 0 Å². The van der Waals surface area contributed by atoms with Crippen molar-refractivity contribution >= 4 is 0 Å². The molecule has 2 unspecified atom stereocenters. The van der Waals surface area contributed by atoms with E-state index in [4.69, 9.17) is 15.7 Å². The number of hydrogen-bond acceptors (Lipinski definition) is 4. The first kappa shape index (κ1) is 13.9. The molecule has 1 aromatic carbocycles. The second-order valence-electron chi connectivity index (χ2n) is 5.44. The predicted molar refractivity (Wildman–Crippen MR) is 74.7 cm³/mol. The van der Waals surface area contributed by atoms with E-state index in [9.17, 15) is 0 Å². The summed E-state index contributed by atoms with van der Waals surface area (Å²) < 4.78 is 5.16. The van der Waals surface area contributed by atoms with Gasteiger partial charge >= 0.3 is 0 Å². The molecule has 1 fully saturated rings. The van der Waals surface area contributed by atoms with Gasteiger partial charge in [0.05, 0.1) is 12.7 Å². The first-order valence-corrected chi connectivity index (χ1v) is 6.67. The maximum Gasteiger partial charge on any atom is 0.136 e. The lowest BCUT2D eigenvalue weighted by Gasteiger charge is -2.34. The van der Waals surface area contributed by atoms with E-state index in [1.807, 2.05) is 18.2 Å². The zero-order chi connectivity index (χ0) is 13.8. The summed E-state index contributed by atoms with van der Waals surface area (Å²) in [5.74, 6) is 1.27. The molecule has 2 rings (SSSR count). The lowest BCUT2D eigenvalue weighted by molar-refractivity contribution is 0.158. The van der Waals surface area contributed by atoms with Crippen molar-refractivity contribution in [2.24, 2.45) is 11.7 Å². The highest BCUT2D eigenvalue weighted by atomic mass is 16.5. The number of hydrogen-bond donors (Lipinski definition) is 1. The van der Waals surface area contributed by atoms with Gasteiger partial charge in [-0.2, -0.15) is 5.26 Å². The number of rotatable bonds is 3. The first-order valence-electron chi connectivity index (χ1n) is 6.67. The van der Waals surface area contributed by atoms with Gasteiger partial charge in [0.2, 0.25) is 0 Å². The Bertz CT molecular complexity index is 471. The molecular weight excluding hydrogens is 238 g/mol. The Morgan fingerprint density at radius 3 is 2.89 bits per heavy atom. The molecular formula is C15H21N3O. The molecule has 102 valence electrons. The molecule has 0 spiro atoms. The third-order valence-corrected chi connectivity index (χ3v) is 3.56. The van der Waals surface area contributed by atoms with Crippen LogP contribution < -0.4 is 10.5 Å². The summed E-state index contributed by atoms with van der Waals surface area (Å²) >= 11 is 0. The average molecular weight is 259 g/mol. The summed E-state index contributed by atoms with van der Waals surface area (Å²) in [5.41, 5.74) is 7.79. The molecule has 19 heavy (non-hydrogen) atoms. The second kappa shape index (κ2) is 6.05. The summed E-state index contributed by atoms with van der Waals surface area (Å²) in [6.07, 6.45) is 1.10. The van der Waals surface area contributed by atoms with Crippen LogP contribution >= 0.6 is 0 Å². The Labute approximate surface area is 114 Å². The van der Waals surface area contributed by atoms with E-state index < -0.39 is 0 Å². The molecule has 1 aliphatic rings. The topological polar surface area (TPSA) is 62.3 Å². The van der Waals surface area contributed by atoms with E-state index in [2.05, 4.69) is 17.9 Å². The number of ether oxygens (including phenoxy) is 1. The summed E-state index contributed by atoms with van der Waals surface area (Å²) in [7, 11) is 1.58. The Balaban J connectivity index is 2.09. The van der Waals surface area contributed by atoms with Crippen molar-refractivity contribution in [3.8, 4) is 11.8 Å². The van der Waals surface area contributed by atoms with Crippen LogP contribution in [0.3, 0.4) is 0 Å². The van der Waals surface area contributed by atoms with Crippen LogP contribution in [-0.2, 0) is 6.54 Å². The number of likely N-dealkylation sites (tertiary alicyclic amines) is 1. The molecule has 4 nitrogen and oxygen atoms in total. The average Bonchev–Trinajstić information content (AvgIpc) is 2.37. The van der Waals surface area contributed by atoms with Crippen molar-refractivity contribution in [3.05, 3.63) is 29.3 Å². The number of methoxy groups -OCH3 is 1. The van der Waals surface area contributed by atoms with Crippen LogP contribution in [-0.4, -0.2) is 31.1 Å². The summed E-state index contributed by atoms with van der Waals surface area (Å²) in [6.45, 7) is 5.08. The first-order chi connectivity index (χ1) is 9.12. The molecule has 2 N–H and O–H groups in total. The standard InChI is InChI=1S/C15H21N3O/c1-11-5-14(17)10-18(8-11)9-12-3-4-15(19-2)13(6-12)7-16/h3-4,6,11,14H,5,8-10,17H2,1-2H3. The van der Waals surface area contributed by atoms with Gasteiger partial charge < -0.3 is 10.5 Å². The van der Waals surface area contributed by atoms with E-state index in [1.54, 1.807) is 7.11 Å². The minimum absolute atomic E-state index is 0.262. The van der Waals surface area contributed by atoms with Gasteiger partial charge in [-0.25, -0.2) is 0 Å². The van der Waals surface area contributed by atoms with Crippen LogP contribution in [0.15, 0.2) is 18.2 Å². The smallest absolute Gasteiger partial charge is 0.136 e. The van der Waals surface area contributed by atoms with Crippen molar-refractivity contribution in [3.63, 3.8) is 0 Å². The molecule has 0 aromatic heterocycles. The zero-order valence-corrected chi connectivity index (χ0v) is 11.6. The summed E-state index contributed by atoms with van der Waals surface area (Å²) in [4.78, 5) is 2.36. The normalized spacial score (nSPS) is 23.9. The van der Waals surface area contributed by atoms with Crippen molar-refractivity contribution in [1.29, 1.82) is 5.26 Å². The molecule has 4 heteroatoms. The van der Waals surface area contributed by atoms with Crippen molar-refractivity contribution in [1.82, 2.24) is 4.90 Å². The van der Waals surface area contributed by atoms with Gasteiger partial charge in [0.1, 0.15) is 11.8 Å². The Morgan fingerprint density at radius 1 is 1.47 bits per heavy atom. The molecule has 0 saturated carbocycles. The SMILES string of the molecule is COc1ccc(CN2CC(C)CC(N)C2)cc1C#N. The van der Waals surface area contributed by atoms with Crippen molar-refractivity contribution < 1.29 is 4.74 Å². The molecule has 0 bridgehead atoms. The molecule has 0 aliphatic carbocycles. The van der Waals surface area contributed by atoms with Crippen LogP contribution in [0.5, 0.6) is 5.75 Å². The molecule has 2 atom stereocenters. The fourth-order valence-electron chi connectivity index (χ4n) is 2.84. The lowest BCUT2D eigenvalue weighted by Crippen LogP contribution is -2.45. The van der Waals surface area contributed by atoms with E-state index in [1.165, 1.54) is 0 Å². The van der Waals surface area contributed by atoms with E-state index in [0.717, 1.165) is 31.6 Å². The fourth-order valence-corrected chi connectivity index (χ4v) is 2.84. The maximum atomic E-state index is 9.10. The highest BCUT2D eigenvalue weighted by Crippen LogP contribution is 2.22. The number of nitrogens with zero attached hydrogens (tertiary/aromatic N) is 2. The Hall–Kier alpha value is -1.57. The van der Waals surface area contributed by atoms with Gasteiger partial charge in [0.25, 0.3) is 0 Å². The summed E-state index contributed by atoms with van der Waals surface area (Å²) in [5, 5.41) is 9.10. The van der Waals surface area contributed by atoms with E-state index >= 15 is 0 Å². The van der Waals surface area contributed by atoms with Gasteiger partial charge in [-0.05, 0) is 30.0 Å². The van der Waals surface area contributed by atoms with E-state index in [-0.39, 0.29) is 6.04 Å². The molecule has 0 radical (unpaired) electrons. The van der Waals surface area contributed by atoms with Crippen molar-refractivity contribution in [2.75, 3.05) is 20.2 Å². The maximum absolute atomic E-state index is 9.10.